The van der Waals surface area contributed by atoms with Crippen LogP contribution in [0, 0.1) is 17.2 Å². The Morgan fingerprint density at radius 2 is 2.23 bits per heavy atom. The Kier molecular flexibility index (Phi) is 7.66. The van der Waals surface area contributed by atoms with Crippen LogP contribution in [0.25, 0.3) is 0 Å². The van der Waals surface area contributed by atoms with Gasteiger partial charge < -0.3 is 10.4 Å². The molecule has 3 nitrogen and oxygen atoms in total. The van der Waals surface area contributed by atoms with Crippen molar-refractivity contribution in [3.8, 4) is 6.07 Å². The molecule has 0 saturated heterocycles. The van der Waals surface area contributed by atoms with Crippen LogP contribution in [0.4, 0.5) is 0 Å². The summed E-state index contributed by atoms with van der Waals surface area (Å²) in [7, 11) is 0. The number of hydrogen-bond acceptors (Lipinski definition) is 3. The number of aliphatic hydroxyl groups excluding tert-OH is 1. The maximum Gasteiger partial charge on any atom is 0.0978 e. The lowest BCUT2D eigenvalue weighted by Crippen LogP contribution is -2.34. The van der Waals surface area contributed by atoms with E-state index in [0.29, 0.717) is 5.92 Å². The Morgan fingerprint density at radius 1 is 1.54 bits per heavy atom. The molecule has 0 aromatic heterocycles. The van der Waals surface area contributed by atoms with Gasteiger partial charge in [0.25, 0.3) is 0 Å². The van der Waals surface area contributed by atoms with Crippen molar-refractivity contribution in [1.29, 1.82) is 5.26 Å². The van der Waals surface area contributed by atoms with E-state index < -0.39 is 0 Å². The molecule has 0 aliphatic carbocycles. The Labute approximate surface area is 80.8 Å². The molecule has 76 valence electrons. The van der Waals surface area contributed by atoms with Crippen molar-refractivity contribution in [1.82, 2.24) is 5.32 Å². The molecule has 2 atom stereocenters. The lowest BCUT2D eigenvalue weighted by Gasteiger charge is -2.17. The third-order valence-electron chi connectivity index (χ3n) is 2.15. The van der Waals surface area contributed by atoms with Crippen LogP contribution in [-0.4, -0.2) is 24.3 Å². The molecule has 0 aliphatic rings. The number of aliphatic hydroxyl groups is 1. The van der Waals surface area contributed by atoms with Crippen LogP contribution in [0.5, 0.6) is 0 Å². The highest BCUT2D eigenvalue weighted by Gasteiger charge is 2.14. The topological polar surface area (TPSA) is 56.0 Å². The first-order valence-corrected chi connectivity index (χ1v) is 5.00. The zero-order valence-electron chi connectivity index (χ0n) is 8.58. The molecular weight excluding hydrogens is 164 g/mol. The molecule has 2 unspecified atom stereocenters. The van der Waals surface area contributed by atoms with Gasteiger partial charge in [0.1, 0.15) is 0 Å². The first kappa shape index (κ1) is 12.4. The minimum absolute atomic E-state index is 0.0634. The van der Waals surface area contributed by atoms with Gasteiger partial charge in [-0.15, -0.1) is 0 Å². The fraction of sp³-hybridized carbons (Fsp3) is 0.900. The number of nitrogens with one attached hydrogen (secondary N) is 1. The fourth-order valence-electron chi connectivity index (χ4n) is 1.33. The quantitative estimate of drug-likeness (QED) is 0.586. The predicted molar refractivity (Wildman–Crippen MR) is 53.2 cm³/mol. The number of hydrogen-bond donors (Lipinski definition) is 2. The summed E-state index contributed by atoms with van der Waals surface area (Å²) in [5.74, 6) is 0.397. The van der Waals surface area contributed by atoms with Crippen LogP contribution in [-0.2, 0) is 0 Å². The van der Waals surface area contributed by atoms with E-state index in [2.05, 4.69) is 25.2 Å². The highest BCUT2D eigenvalue weighted by Crippen LogP contribution is 2.09. The minimum atomic E-state index is -0.0634. The van der Waals surface area contributed by atoms with E-state index in [-0.39, 0.29) is 12.6 Å². The normalized spacial score (nSPS) is 14.9. The number of nitriles is 1. The van der Waals surface area contributed by atoms with E-state index in [1.165, 1.54) is 0 Å². The molecule has 0 heterocycles. The van der Waals surface area contributed by atoms with Crippen molar-refractivity contribution < 1.29 is 5.11 Å². The van der Waals surface area contributed by atoms with Gasteiger partial charge in [-0.1, -0.05) is 20.3 Å². The second-order valence-electron chi connectivity index (χ2n) is 3.40. The zero-order chi connectivity index (χ0) is 10.1. The molecule has 0 fully saturated rings. The zero-order valence-corrected chi connectivity index (χ0v) is 8.58. The molecule has 13 heavy (non-hydrogen) atoms. The van der Waals surface area contributed by atoms with Crippen molar-refractivity contribution in [3.63, 3.8) is 0 Å². The monoisotopic (exact) mass is 184 g/mol. The van der Waals surface area contributed by atoms with Gasteiger partial charge in [0.2, 0.25) is 0 Å². The largest absolute Gasteiger partial charge is 0.396 e. The Morgan fingerprint density at radius 3 is 2.69 bits per heavy atom. The van der Waals surface area contributed by atoms with E-state index >= 15 is 0 Å². The van der Waals surface area contributed by atoms with Crippen LogP contribution in [0.1, 0.15) is 33.1 Å². The summed E-state index contributed by atoms with van der Waals surface area (Å²) in [6, 6.07) is 2.19. The van der Waals surface area contributed by atoms with E-state index in [1.807, 2.05) is 0 Å². The molecule has 0 radical (unpaired) electrons. The van der Waals surface area contributed by atoms with Crippen molar-refractivity contribution >= 4 is 0 Å². The van der Waals surface area contributed by atoms with E-state index in [1.54, 1.807) is 0 Å². The van der Waals surface area contributed by atoms with Crippen molar-refractivity contribution in [3.05, 3.63) is 0 Å². The second-order valence-corrected chi connectivity index (χ2v) is 3.40. The van der Waals surface area contributed by atoms with Gasteiger partial charge in [-0.25, -0.2) is 0 Å². The molecule has 3 heteroatoms. The molecule has 2 N–H and O–H groups in total. The van der Waals surface area contributed by atoms with E-state index in [4.69, 9.17) is 10.4 Å². The number of nitrogens with zero attached hydrogens (tertiary/aromatic N) is 1. The standard InChI is InChI=1S/C10H20N2O/c1-3-5-9(2)10(8-11)12-6-4-7-13/h9-10,12-13H,3-7H2,1-2H3. The maximum absolute atomic E-state index is 8.85. The van der Waals surface area contributed by atoms with Crippen molar-refractivity contribution in [2.75, 3.05) is 13.2 Å². The summed E-state index contributed by atoms with van der Waals surface area (Å²) < 4.78 is 0. The first-order valence-electron chi connectivity index (χ1n) is 5.00. The molecule has 0 spiro atoms. The summed E-state index contributed by atoms with van der Waals surface area (Å²) in [5, 5.41) is 20.6. The predicted octanol–water partition coefficient (Wildman–Crippen LogP) is 1.29. The van der Waals surface area contributed by atoms with Crippen molar-refractivity contribution in [2.45, 2.75) is 39.2 Å². The summed E-state index contributed by atoms with van der Waals surface area (Å²) in [5.41, 5.74) is 0. The minimum Gasteiger partial charge on any atom is -0.396 e. The third kappa shape index (κ3) is 5.62. The Balaban J connectivity index is 3.68. The fourth-order valence-corrected chi connectivity index (χ4v) is 1.33. The number of rotatable bonds is 7. The van der Waals surface area contributed by atoms with Crippen molar-refractivity contribution in [2.24, 2.45) is 5.92 Å². The molecule has 0 saturated carbocycles. The summed E-state index contributed by atoms with van der Waals surface area (Å²) in [6.45, 7) is 5.12. The van der Waals surface area contributed by atoms with Crippen LogP contribution in [0.3, 0.4) is 0 Å². The van der Waals surface area contributed by atoms with Crippen LogP contribution < -0.4 is 5.32 Å². The van der Waals surface area contributed by atoms with Gasteiger partial charge in [-0.05, 0) is 25.3 Å². The highest BCUT2D eigenvalue weighted by molar-refractivity contribution is 4.92. The Hall–Kier alpha value is -0.590. The molecule has 0 rings (SSSR count). The van der Waals surface area contributed by atoms with Gasteiger partial charge in [0, 0.05) is 6.61 Å². The van der Waals surface area contributed by atoms with Gasteiger partial charge >= 0.3 is 0 Å². The average Bonchev–Trinajstić information content (AvgIpc) is 2.13. The molecule has 0 aromatic rings. The van der Waals surface area contributed by atoms with E-state index in [0.717, 1.165) is 25.8 Å². The van der Waals surface area contributed by atoms with Crippen LogP contribution in [0.2, 0.25) is 0 Å². The SMILES string of the molecule is CCCC(C)C(C#N)NCCCO. The summed E-state index contributed by atoms with van der Waals surface area (Å²) in [6.07, 6.45) is 2.91. The molecule has 0 bridgehead atoms. The van der Waals surface area contributed by atoms with Gasteiger partial charge in [-0.3, -0.25) is 0 Å². The van der Waals surface area contributed by atoms with Gasteiger partial charge in [0.05, 0.1) is 12.1 Å². The smallest absolute Gasteiger partial charge is 0.0978 e. The molecule has 0 amide bonds. The lowest BCUT2D eigenvalue weighted by molar-refractivity contribution is 0.281. The summed E-state index contributed by atoms with van der Waals surface area (Å²) >= 11 is 0. The van der Waals surface area contributed by atoms with Crippen LogP contribution >= 0.6 is 0 Å². The Bertz CT molecular complexity index is 153. The summed E-state index contributed by atoms with van der Waals surface area (Å²) in [4.78, 5) is 0. The lowest BCUT2D eigenvalue weighted by atomic mass is 9.98. The average molecular weight is 184 g/mol. The second kappa shape index (κ2) is 8.03. The molecule has 0 aromatic carbocycles. The van der Waals surface area contributed by atoms with Gasteiger partial charge in [-0.2, -0.15) is 5.26 Å². The third-order valence-corrected chi connectivity index (χ3v) is 2.15. The van der Waals surface area contributed by atoms with Crippen LogP contribution in [0.15, 0.2) is 0 Å². The highest BCUT2D eigenvalue weighted by atomic mass is 16.3. The molecule has 0 aliphatic heterocycles. The first-order chi connectivity index (χ1) is 6.26. The van der Waals surface area contributed by atoms with Gasteiger partial charge in [0.15, 0.2) is 0 Å². The molecular formula is C10H20N2O. The van der Waals surface area contributed by atoms with E-state index in [9.17, 15) is 0 Å². The maximum atomic E-state index is 8.85.